The van der Waals surface area contributed by atoms with Crippen LogP contribution in [0.25, 0.3) is 0 Å². The van der Waals surface area contributed by atoms with E-state index in [1.165, 1.54) is 4.88 Å². The lowest BCUT2D eigenvalue weighted by atomic mass is 10.0. The number of hydrogen-bond donors (Lipinski definition) is 1. The molecule has 0 aromatic carbocycles. The van der Waals surface area contributed by atoms with E-state index in [4.69, 9.17) is 4.74 Å². The van der Waals surface area contributed by atoms with Crippen LogP contribution in [0.3, 0.4) is 0 Å². The van der Waals surface area contributed by atoms with Gasteiger partial charge < -0.3 is 15.0 Å². The van der Waals surface area contributed by atoms with Crippen LogP contribution in [-0.4, -0.2) is 50.2 Å². The van der Waals surface area contributed by atoms with E-state index >= 15 is 0 Å². The lowest BCUT2D eigenvalue weighted by Crippen LogP contribution is -2.46. The van der Waals surface area contributed by atoms with Crippen LogP contribution in [0, 0.1) is 5.92 Å². The minimum absolute atomic E-state index is 0.0548. The van der Waals surface area contributed by atoms with Crippen LogP contribution in [0.2, 0.25) is 0 Å². The third-order valence-corrected chi connectivity index (χ3v) is 4.75. The minimum atomic E-state index is -0.0548. The van der Waals surface area contributed by atoms with E-state index in [9.17, 15) is 4.79 Å². The first kappa shape index (κ1) is 14.5. The topological polar surface area (TPSA) is 41.6 Å². The zero-order chi connectivity index (χ0) is 13.8. The molecule has 19 heavy (non-hydrogen) atoms. The molecular weight excluding hydrogens is 260 g/mol. The third-order valence-electron chi connectivity index (χ3n) is 3.85. The Bertz CT molecular complexity index is 408. The Morgan fingerprint density at radius 3 is 3.05 bits per heavy atom. The quantitative estimate of drug-likeness (QED) is 0.887. The molecule has 3 atom stereocenters. The molecule has 1 fully saturated rings. The highest BCUT2D eigenvalue weighted by Crippen LogP contribution is 2.19. The van der Waals surface area contributed by atoms with E-state index in [0.717, 1.165) is 6.42 Å². The molecule has 1 saturated heterocycles. The molecule has 0 spiro atoms. The number of amides is 1. The monoisotopic (exact) mass is 282 g/mol. The van der Waals surface area contributed by atoms with Gasteiger partial charge in [0.2, 0.25) is 5.91 Å². The molecule has 1 aromatic rings. The molecule has 0 bridgehead atoms. The van der Waals surface area contributed by atoms with Gasteiger partial charge in [-0.3, -0.25) is 4.79 Å². The molecule has 2 heterocycles. The Morgan fingerprint density at radius 2 is 2.42 bits per heavy atom. The Labute approximate surface area is 118 Å². The number of likely N-dealkylation sites (N-methyl/N-ethyl adjacent to an activating group) is 2. The van der Waals surface area contributed by atoms with Gasteiger partial charge in [0.1, 0.15) is 0 Å². The second-order valence-corrected chi connectivity index (χ2v) is 6.15. The molecular formula is C14H22N2O2S. The molecule has 1 aliphatic rings. The zero-order valence-corrected chi connectivity index (χ0v) is 12.6. The van der Waals surface area contributed by atoms with Gasteiger partial charge in [0, 0.05) is 30.4 Å². The molecule has 1 amide bonds. The molecule has 1 aromatic heterocycles. The molecule has 3 unspecified atom stereocenters. The first-order valence-electron chi connectivity index (χ1n) is 6.67. The summed E-state index contributed by atoms with van der Waals surface area (Å²) < 4.78 is 5.41. The van der Waals surface area contributed by atoms with Crippen molar-refractivity contribution in [1.82, 2.24) is 10.2 Å². The number of hydrogen-bond acceptors (Lipinski definition) is 4. The molecule has 4 nitrogen and oxygen atoms in total. The number of nitrogens with one attached hydrogen (secondary N) is 1. The standard InChI is InChI=1S/C14H22N2O2S/c1-10(7-11-5-4-6-19-11)16(3)14(17)12-8-18-9-13(12)15-2/h4-6,10,12-13,15H,7-9H2,1-3H3. The van der Waals surface area contributed by atoms with Gasteiger partial charge in [0.25, 0.3) is 0 Å². The summed E-state index contributed by atoms with van der Waals surface area (Å²) in [6, 6.07) is 4.53. The van der Waals surface area contributed by atoms with E-state index in [-0.39, 0.29) is 23.9 Å². The summed E-state index contributed by atoms with van der Waals surface area (Å²) in [5.74, 6) is 0.127. The van der Waals surface area contributed by atoms with Crippen LogP contribution in [0.5, 0.6) is 0 Å². The van der Waals surface area contributed by atoms with Crippen LogP contribution in [0.1, 0.15) is 11.8 Å². The molecule has 5 heteroatoms. The van der Waals surface area contributed by atoms with Crippen LogP contribution < -0.4 is 5.32 Å². The summed E-state index contributed by atoms with van der Waals surface area (Å²) in [5.41, 5.74) is 0. The van der Waals surface area contributed by atoms with Gasteiger partial charge in [-0.2, -0.15) is 0 Å². The van der Waals surface area contributed by atoms with Crippen molar-refractivity contribution < 1.29 is 9.53 Å². The van der Waals surface area contributed by atoms with Crippen LogP contribution in [0.4, 0.5) is 0 Å². The van der Waals surface area contributed by atoms with Gasteiger partial charge in [-0.05, 0) is 25.4 Å². The van der Waals surface area contributed by atoms with Crippen molar-refractivity contribution in [3.8, 4) is 0 Å². The molecule has 106 valence electrons. The van der Waals surface area contributed by atoms with Crippen molar-refractivity contribution in [2.45, 2.75) is 25.4 Å². The van der Waals surface area contributed by atoms with Crippen molar-refractivity contribution in [1.29, 1.82) is 0 Å². The number of rotatable bonds is 5. The fourth-order valence-corrected chi connectivity index (χ4v) is 3.24. The third kappa shape index (κ3) is 3.35. The molecule has 0 saturated carbocycles. The van der Waals surface area contributed by atoms with Gasteiger partial charge in [0.05, 0.1) is 19.1 Å². The number of carbonyl (C=O) groups is 1. The van der Waals surface area contributed by atoms with Crippen LogP contribution in [-0.2, 0) is 16.0 Å². The van der Waals surface area contributed by atoms with Gasteiger partial charge in [-0.15, -0.1) is 11.3 Å². The summed E-state index contributed by atoms with van der Waals surface area (Å²) >= 11 is 1.74. The van der Waals surface area contributed by atoms with Crippen molar-refractivity contribution in [2.24, 2.45) is 5.92 Å². The number of carbonyl (C=O) groups excluding carboxylic acids is 1. The van der Waals surface area contributed by atoms with Gasteiger partial charge in [-0.25, -0.2) is 0 Å². The summed E-state index contributed by atoms with van der Waals surface area (Å²) in [6.45, 7) is 3.25. The number of ether oxygens (including phenoxy) is 1. The second kappa shape index (κ2) is 6.50. The van der Waals surface area contributed by atoms with E-state index in [1.807, 2.05) is 19.0 Å². The van der Waals surface area contributed by atoms with Crippen molar-refractivity contribution in [3.63, 3.8) is 0 Å². The van der Waals surface area contributed by atoms with Crippen molar-refractivity contribution >= 4 is 17.2 Å². The predicted octanol–water partition coefficient (Wildman–Crippen LogP) is 1.37. The molecule has 0 radical (unpaired) electrons. The minimum Gasteiger partial charge on any atom is -0.379 e. The lowest BCUT2D eigenvalue weighted by molar-refractivity contribution is -0.136. The highest BCUT2D eigenvalue weighted by Gasteiger charge is 2.35. The van der Waals surface area contributed by atoms with Gasteiger partial charge in [0.15, 0.2) is 0 Å². The Balaban J connectivity index is 1.94. The normalized spacial score (nSPS) is 24.4. The molecule has 1 aliphatic heterocycles. The van der Waals surface area contributed by atoms with Crippen LogP contribution >= 0.6 is 11.3 Å². The zero-order valence-electron chi connectivity index (χ0n) is 11.8. The first-order valence-corrected chi connectivity index (χ1v) is 7.55. The molecule has 2 rings (SSSR count). The highest BCUT2D eigenvalue weighted by molar-refractivity contribution is 7.09. The highest BCUT2D eigenvalue weighted by atomic mass is 32.1. The maximum Gasteiger partial charge on any atom is 0.229 e. The fraction of sp³-hybridized carbons (Fsp3) is 0.643. The van der Waals surface area contributed by atoms with Crippen LogP contribution in [0.15, 0.2) is 17.5 Å². The number of thiophene rings is 1. The molecule has 0 aliphatic carbocycles. The maximum absolute atomic E-state index is 12.5. The maximum atomic E-state index is 12.5. The Kier molecular flexibility index (Phi) is 4.96. The lowest BCUT2D eigenvalue weighted by Gasteiger charge is -2.28. The average molecular weight is 282 g/mol. The fourth-order valence-electron chi connectivity index (χ4n) is 2.42. The summed E-state index contributed by atoms with van der Waals surface area (Å²) in [4.78, 5) is 15.7. The van der Waals surface area contributed by atoms with Gasteiger partial charge >= 0.3 is 0 Å². The van der Waals surface area contributed by atoms with E-state index in [0.29, 0.717) is 13.2 Å². The average Bonchev–Trinajstić information content (AvgIpc) is 3.07. The van der Waals surface area contributed by atoms with E-state index in [1.54, 1.807) is 11.3 Å². The molecule has 1 N–H and O–H groups in total. The van der Waals surface area contributed by atoms with E-state index in [2.05, 4.69) is 29.8 Å². The largest absolute Gasteiger partial charge is 0.379 e. The SMILES string of the molecule is CNC1COCC1C(=O)N(C)C(C)Cc1cccs1. The first-order chi connectivity index (χ1) is 9.13. The summed E-state index contributed by atoms with van der Waals surface area (Å²) in [7, 11) is 3.78. The van der Waals surface area contributed by atoms with Crippen molar-refractivity contribution in [2.75, 3.05) is 27.3 Å². The van der Waals surface area contributed by atoms with Gasteiger partial charge in [-0.1, -0.05) is 6.07 Å². The second-order valence-electron chi connectivity index (χ2n) is 5.12. The number of nitrogens with zero attached hydrogens (tertiary/aromatic N) is 1. The Hall–Kier alpha value is -0.910. The van der Waals surface area contributed by atoms with Crippen molar-refractivity contribution in [3.05, 3.63) is 22.4 Å². The summed E-state index contributed by atoms with van der Waals surface area (Å²) in [6.07, 6.45) is 0.914. The summed E-state index contributed by atoms with van der Waals surface area (Å²) in [5, 5.41) is 5.24. The smallest absolute Gasteiger partial charge is 0.229 e. The predicted molar refractivity (Wildman–Crippen MR) is 77.4 cm³/mol. The Morgan fingerprint density at radius 1 is 1.63 bits per heavy atom. The van der Waals surface area contributed by atoms with E-state index < -0.39 is 0 Å².